The van der Waals surface area contributed by atoms with Crippen LogP contribution >= 0.6 is 0 Å². The summed E-state index contributed by atoms with van der Waals surface area (Å²) < 4.78 is 4.91. The Labute approximate surface area is 590 Å². The fourth-order valence-electron chi connectivity index (χ4n) is 16.1. The van der Waals surface area contributed by atoms with Crippen LogP contribution < -0.4 is 26.2 Å². The molecule has 16 aromatic rings. The van der Waals surface area contributed by atoms with E-state index in [-0.39, 0.29) is 17.5 Å². The van der Waals surface area contributed by atoms with E-state index in [2.05, 4.69) is 344 Å². The molecule has 2 aliphatic rings. The molecule has 2 aromatic heterocycles. The number of hydrogen-bond donors (Lipinski definition) is 0. The number of benzene rings is 14. The predicted octanol–water partition coefficient (Wildman–Crippen LogP) is 23.3. The highest BCUT2D eigenvalue weighted by Gasteiger charge is 2.45. The molecule has 7 heteroatoms. The van der Waals surface area contributed by atoms with Crippen molar-refractivity contribution < 1.29 is 0 Å². The summed E-state index contributed by atoms with van der Waals surface area (Å²) in [5, 5.41) is 15.1. The van der Waals surface area contributed by atoms with E-state index >= 15 is 0 Å². The smallest absolute Gasteiger partial charge is 0.252 e. The van der Waals surface area contributed by atoms with Gasteiger partial charge in [-0.1, -0.05) is 248 Å². The van der Waals surface area contributed by atoms with Crippen LogP contribution in [-0.2, 0) is 10.8 Å². The topological polar surface area (TPSA) is 44.5 Å². The molecule has 101 heavy (non-hydrogen) atoms. The second-order valence-corrected chi connectivity index (χ2v) is 29.1. The summed E-state index contributed by atoms with van der Waals surface area (Å²) >= 11 is 0. The molecule has 0 N–H and O–H groups in total. The lowest BCUT2D eigenvalue weighted by molar-refractivity contribution is 0.590. The maximum atomic E-state index is 10.3. The highest BCUT2D eigenvalue weighted by atomic mass is 15.2. The molecule has 14 aromatic carbocycles. The van der Waals surface area contributed by atoms with Crippen LogP contribution in [-0.4, -0.2) is 15.8 Å². The van der Waals surface area contributed by atoms with Gasteiger partial charge in [0.1, 0.15) is 0 Å². The highest BCUT2D eigenvalue weighted by Crippen LogP contribution is 2.52. The Morgan fingerprint density at radius 1 is 0.327 bits per heavy atom. The zero-order valence-electron chi connectivity index (χ0n) is 57.2. The first-order chi connectivity index (χ1) is 49.3. The van der Waals surface area contributed by atoms with Crippen LogP contribution in [0, 0.1) is 17.9 Å². The lowest BCUT2D eigenvalue weighted by Gasteiger charge is -2.45. The lowest BCUT2D eigenvalue weighted by atomic mass is 9.33. The average Bonchev–Trinajstić information content (AvgIpc) is 1.04. The Balaban J connectivity index is 0.993. The Bertz CT molecular complexity index is 5720. The van der Waals surface area contributed by atoms with Gasteiger partial charge in [0, 0.05) is 66.8 Å². The van der Waals surface area contributed by atoms with E-state index in [0.717, 1.165) is 123 Å². The van der Waals surface area contributed by atoms with E-state index < -0.39 is 0 Å². The summed E-state index contributed by atoms with van der Waals surface area (Å²) in [5.74, 6) is 0. The van der Waals surface area contributed by atoms with Crippen LogP contribution in [0.15, 0.2) is 309 Å². The Hall–Kier alpha value is -12.7. The molecule has 0 amide bonds. The minimum absolute atomic E-state index is 0.146. The lowest BCUT2D eigenvalue weighted by Crippen LogP contribution is -2.61. The van der Waals surface area contributed by atoms with Crippen molar-refractivity contribution in [1.29, 1.82) is 5.26 Å². The van der Waals surface area contributed by atoms with E-state index in [1.165, 1.54) is 49.1 Å². The van der Waals surface area contributed by atoms with Crippen molar-refractivity contribution in [3.63, 3.8) is 0 Å². The van der Waals surface area contributed by atoms with Gasteiger partial charge in [-0.05, 0) is 186 Å². The monoisotopic (exact) mass is 1290 g/mol. The van der Waals surface area contributed by atoms with Crippen molar-refractivity contribution in [2.45, 2.75) is 52.4 Å². The van der Waals surface area contributed by atoms with E-state index in [9.17, 15) is 5.26 Å². The first-order valence-corrected chi connectivity index (χ1v) is 34.8. The number of aromatic nitrogens is 2. The third-order valence-electron chi connectivity index (χ3n) is 21.0. The van der Waals surface area contributed by atoms with Gasteiger partial charge in [0.25, 0.3) is 6.71 Å². The molecule has 0 radical (unpaired) electrons. The van der Waals surface area contributed by atoms with Crippen LogP contribution in [0.4, 0.5) is 39.8 Å². The standard InChI is InChI=1S/C94H69BN6/c1-93(2,3)69-30-20-28-66(50-69)78-53-64(62-26-19-23-60(49-62)59-96)41-47-86(78)100-88-57-72(98-82-37-15-11-33-74(82)75-34-12-16-38-83(75)98)43-45-80(88)95-81-46-44-73(99-84-39-17-13-35-76(84)77-36-14-18-40-85(77)99)58-89(81)101(91-56-68(55-90(100)92(91)95)61-24-9-8-10-25-61)87-48-42-65(63-27-22-32-71(52-63)97-7)54-79(87)67-29-21-31-70(51-67)94(4,5)6/h8-58H,1-6H3. The molecule has 0 saturated carbocycles. The predicted molar refractivity (Wildman–Crippen MR) is 425 cm³/mol. The fourth-order valence-corrected chi connectivity index (χ4v) is 16.1. The van der Waals surface area contributed by atoms with Crippen LogP contribution in [0.25, 0.3) is 115 Å². The molecule has 0 bridgehead atoms. The molecule has 478 valence electrons. The zero-order chi connectivity index (χ0) is 68.4. The molecule has 0 atom stereocenters. The third-order valence-corrected chi connectivity index (χ3v) is 21.0. The summed E-state index contributed by atoms with van der Waals surface area (Å²) in [7, 11) is 0. The average molecular weight is 1290 g/mol. The van der Waals surface area contributed by atoms with Gasteiger partial charge < -0.3 is 18.9 Å². The van der Waals surface area contributed by atoms with Gasteiger partial charge in [0.15, 0.2) is 5.69 Å². The van der Waals surface area contributed by atoms with Gasteiger partial charge in [-0.2, -0.15) is 5.26 Å². The maximum absolute atomic E-state index is 10.3. The number of anilines is 6. The van der Waals surface area contributed by atoms with Gasteiger partial charge in [-0.25, -0.2) is 4.85 Å². The second-order valence-electron chi connectivity index (χ2n) is 29.1. The molecule has 0 saturated heterocycles. The van der Waals surface area contributed by atoms with Gasteiger partial charge in [0.2, 0.25) is 0 Å². The molecule has 6 nitrogen and oxygen atoms in total. The van der Waals surface area contributed by atoms with Gasteiger partial charge >= 0.3 is 0 Å². The van der Waals surface area contributed by atoms with Crippen molar-refractivity contribution in [2.75, 3.05) is 9.80 Å². The van der Waals surface area contributed by atoms with E-state index in [4.69, 9.17) is 6.57 Å². The molecule has 2 aliphatic heterocycles. The third kappa shape index (κ3) is 10.1. The molecule has 4 heterocycles. The molecular formula is C94H69BN6. The summed E-state index contributed by atoms with van der Waals surface area (Å²) in [5.41, 5.74) is 30.4. The Morgan fingerprint density at radius 2 is 0.733 bits per heavy atom. The zero-order valence-corrected chi connectivity index (χ0v) is 57.2. The summed E-state index contributed by atoms with van der Waals surface area (Å²) in [6, 6.07) is 116. The van der Waals surface area contributed by atoms with Crippen LogP contribution in [0.1, 0.15) is 58.2 Å². The van der Waals surface area contributed by atoms with Crippen molar-refractivity contribution in [3.05, 3.63) is 337 Å². The molecule has 0 fully saturated rings. The number of fused-ring (bicyclic) bond motifs is 10. The molecule has 0 unspecified atom stereocenters. The number of nitrogens with zero attached hydrogens (tertiary/aromatic N) is 6. The fraction of sp³-hybridized carbons (Fsp3) is 0.0851. The van der Waals surface area contributed by atoms with Crippen molar-refractivity contribution in [3.8, 4) is 73.1 Å². The molecule has 0 spiro atoms. The number of para-hydroxylation sites is 4. The summed E-state index contributed by atoms with van der Waals surface area (Å²) in [6.07, 6.45) is 0. The van der Waals surface area contributed by atoms with E-state index in [1.54, 1.807) is 0 Å². The highest BCUT2D eigenvalue weighted by molar-refractivity contribution is 7.00. The van der Waals surface area contributed by atoms with Crippen LogP contribution in [0.3, 0.4) is 0 Å². The number of hydrogen-bond acceptors (Lipinski definition) is 3. The van der Waals surface area contributed by atoms with Gasteiger partial charge in [-0.15, -0.1) is 0 Å². The number of nitriles is 1. The second kappa shape index (κ2) is 23.5. The summed E-state index contributed by atoms with van der Waals surface area (Å²) in [4.78, 5) is 9.11. The van der Waals surface area contributed by atoms with Gasteiger partial charge in [-0.3, -0.25) is 0 Å². The van der Waals surface area contributed by atoms with E-state index in [0.29, 0.717) is 11.3 Å². The Kier molecular flexibility index (Phi) is 14.1. The van der Waals surface area contributed by atoms with E-state index in [1.807, 2.05) is 36.4 Å². The molecule has 0 aliphatic carbocycles. The van der Waals surface area contributed by atoms with Gasteiger partial charge in [0.05, 0.1) is 51.6 Å². The summed E-state index contributed by atoms with van der Waals surface area (Å²) in [6.45, 7) is 21.6. The quantitative estimate of drug-likeness (QED) is 0.107. The van der Waals surface area contributed by atoms with Crippen LogP contribution in [0.2, 0.25) is 0 Å². The first kappa shape index (κ1) is 60.7. The molecular weight excluding hydrogens is 1220 g/mol. The first-order valence-electron chi connectivity index (χ1n) is 34.8. The maximum Gasteiger partial charge on any atom is 0.252 e. The largest absolute Gasteiger partial charge is 0.311 e. The van der Waals surface area contributed by atoms with Crippen LogP contribution in [0.5, 0.6) is 0 Å². The van der Waals surface area contributed by atoms with Crippen molar-refractivity contribution in [2.24, 2.45) is 0 Å². The van der Waals surface area contributed by atoms with Crippen molar-refractivity contribution in [1.82, 2.24) is 9.13 Å². The number of rotatable bonds is 9. The minimum atomic E-state index is -0.273. The molecule has 18 rings (SSSR count). The SMILES string of the molecule is [C-]#[N+]c1cccc(-c2ccc(N3c4cc(-n5c6ccccc6c6ccccc65)ccc4B4c5ccc(-n6c7ccccc7c7ccccc76)cc5N(c5ccc(-c6cccc(C#N)c6)cc5-c5cccc(C(C)(C)C)c5)c5cc(-c6ccccc6)cc3c54)c(-c3cccc(C(C)(C)C)c3)c2)c1. The minimum Gasteiger partial charge on any atom is -0.311 e. The van der Waals surface area contributed by atoms with Crippen molar-refractivity contribution >= 4 is 107 Å². The normalized spacial score (nSPS) is 12.6. The Morgan fingerprint density at radius 3 is 1.19 bits per heavy atom.